The third-order valence-corrected chi connectivity index (χ3v) is 4.00. The van der Waals surface area contributed by atoms with Gasteiger partial charge in [0.1, 0.15) is 0 Å². The van der Waals surface area contributed by atoms with E-state index in [1.807, 2.05) is 32.0 Å². The molecule has 4 heteroatoms. The van der Waals surface area contributed by atoms with Gasteiger partial charge in [0.2, 0.25) is 0 Å². The molecule has 2 aromatic rings. The Morgan fingerprint density at radius 1 is 1.10 bits per heavy atom. The van der Waals surface area contributed by atoms with Crippen LogP contribution in [0.15, 0.2) is 42.5 Å². The molecule has 2 aromatic carbocycles. The Balaban J connectivity index is 2.42. The van der Waals surface area contributed by atoms with Crippen molar-refractivity contribution in [2.45, 2.75) is 26.3 Å². The minimum atomic E-state index is -1.20. The smallest absolute Gasteiger partial charge is 0.333 e. The van der Waals surface area contributed by atoms with Gasteiger partial charge in [0.25, 0.3) is 0 Å². The van der Waals surface area contributed by atoms with Crippen molar-refractivity contribution < 1.29 is 9.90 Å². The zero-order valence-electron chi connectivity index (χ0n) is 12.3. The number of benzene rings is 2. The largest absolute Gasteiger partial charge is 0.479 e. The van der Waals surface area contributed by atoms with Crippen molar-refractivity contribution in [2.75, 3.05) is 5.32 Å². The van der Waals surface area contributed by atoms with E-state index in [0.29, 0.717) is 16.3 Å². The van der Waals surface area contributed by atoms with E-state index < -0.39 is 11.5 Å². The molecule has 2 rings (SSSR count). The second kappa shape index (κ2) is 5.78. The van der Waals surface area contributed by atoms with Crippen LogP contribution >= 0.6 is 11.6 Å². The Morgan fingerprint density at radius 2 is 1.71 bits per heavy atom. The van der Waals surface area contributed by atoms with Gasteiger partial charge in [-0.15, -0.1) is 0 Å². The number of carboxylic acid groups (broad SMARTS) is 1. The first-order chi connectivity index (χ1) is 9.83. The van der Waals surface area contributed by atoms with Crippen molar-refractivity contribution in [3.05, 3.63) is 64.2 Å². The predicted octanol–water partition coefficient (Wildman–Crippen LogP) is 4.37. The molecule has 0 fully saturated rings. The Labute approximate surface area is 129 Å². The first-order valence-corrected chi connectivity index (χ1v) is 7.05. The summed E-state index contributed by atoms with van der Waals surface area (Å²) >= 11 is 5.86. The van der Waals surface area contributed by atoms with Gasteiger partial charge in [-0.1, -0.05) is 29.8 Å². The summed E-state index contributed by atoms with van der Waals surface area (Å²) < 4.78 is 0. The molecule has 0 aromatic heterocycles. The molecule has 0 saturated heterocycles. The fourth-order valence-electron chi connectivity index (χ4n) is 2.12. The van der Waals surface area contributed by atoms with Crippen molar-refractivity contribution in [2.24, 2.45) is 0 Å². The molecule has 0 heterocycles. The molecule has 110 valence electrons. The van der Waals surface area contributed by atoms with Gasteiger partial charge >= 0.3 is 5.97 Å². The Kier molecular flexibility index (Phi) is 4.24. The molecule has 1 unspecified atom stereocenters. The third kappa shape index (κ3) is 3.19. The van der Waals surface area contributed by atoms with Gasteiger partial charge in [0.15, 0.2) is 5.54 Å². The van der Waals surface area contributed by atoms with Crippen molar-refractivity contribution >= 4 is 23.3 Å². The SMILES string of the molecule is Cc1ccc(C(C)(Nc2ccc(Cl)cc2)C(=O)O)cc1C. The summed E-state index contributed by atoms with van der Waals surface area (Å²) in [7, 11) is 0. The number of hydrogen-bond donors (Lipinski definition) is 2. The molecule has 0 radical (unpaired) electrons. The summed E-state index contributed by atoms with van der Waals surface area (Å²) in [6, 6.07) is 12.7. The number of anilines is 1. The normalized spacial score (nSPS) is 13.5. The fraction of sp³-hybridized carbons (Fsp3) is 0.235. The van der Waals surface area contributed by atoms with Gasteiger partial charge in [-0.3, -0.25) is 0 Å². The van der Waals surface area contributed by atoms with Crippen molar-refractivity contribution in [3.8, 4) is 0 Å². The summed E-state index contributed by atoms with van der Waals surface area (Å²) in [5.74, 6) is -0.930. The molecule has 2 N–H and O–H groups in total. The molecule has 0 spiro atoms. The highest BCUT2D eigenvalue weighted by atomic mass is 35.5. The molecular formula is C17H18ClNO2. The van der Waals surface area contributed by atoms with Crippen LogP contribution in [-0.4, -0.2) is 11.1 Å². The van der Waals surface area contributed by atoms with Crippen LogP contribution in [0.3, 0.4) is 0 Å². The average Bonchev–Trinajstić information content (AvgIpc) is 2.44. The molecule has 0 aliphatic heterocycles. The van der Waals surface area contributed by atoms with Crippen LogP contribution in [0.1, 0.15) is 23.6 Å². The van der Waals surface area contributed by atoms with E-state index in [-0.39, 0.29) is 0 Å². The molecular weight excluding hydrogens is 286 g/mol. The predicted molar refractivity (Wildman–Crippen MR) is 86.0 cm³/mol. The molecule has 0 amide bonds. The maximum absolute atomic E-state index is 11.8. The van der Waals surface area contributed by atoms with Crippen LogP contribution in [-0.2, 0) is 10.3 Å². The molecule has 0 aliphatic rings. The van der Waals surface area contributed by atoms with Gasteiger partial charge in [-0.2, -0.15) is 0 Å². The lowest BCUT2D eigenvalue weighted by molar-refractivity contribution is -0.142. The van der Waals surface area contributed by atoms with Gasteiger partial charge in [0.05, 0.1) is 0 Å². The highest BCUT2D eigenvalue weighted by molar-refractivity contribution is 6.30. The highest BCUT2D eigenvalue weighted by Gasteiger charge is 2.35. The van der Waals surface area contributed by atoms with Gasteiger partial charge < -0.3 is 10.4 Å². The maximum atomic E-state index is 11.8. The van der Waals surface area contributed by atoms with Crippen LogP contribution in [0.25, 0.3) is 0 Å². The average molecular weight is 304 g/mol. The molecule has 1 atom stereocenters. The molecule has 3 nitrogen and oxygen atoms in total. The summed E-state index contributed by atoms with van der Waals surface area (Å²) in [6.07, 6.45) is 0. The molecule has 21 heavy (non-hydrogen) atoms. The van der Waals surface area contributed by atoms with E-state index in [2.05, 4.69) is 5.32 Å². The second-order valence-electron chi connectivity index (χ2n) is 5.36. The summed E-state index contributed by atoms with van der Waals surface area (Å²) in [5.41, 5.74) is 2.43. The fourth-order valence-corrected chi connectivity index (χ4v) is 2.25. The minimum absolute atomic E-state index is 0.615. The number of carbonyl (C=O) groups is 1. The lowest BCUT2D eigenvalue weighted by atomic mass is 9.89. The number of aliphatic carboxylic acids is 1. The van der Waals surface area contributed by atoms with Crippen LogP contribution in [0.5, 0.6) is 0 Å². The Hall–Kier alpha value is -2.00. The van der Waals surface area contributed by atoms with E-state index >= 15 is 0 Å². The number of carboxylic acids is 1. The van der Waals surface area contributed by atoms with Gasteiger partial charge in [-0.25, -0.2) is 4.79 Å². The summed E-state index contributed by atoms with van der Waals surface area (Å²) in [6.45, 7) is 5.64. The number of aryl methyl sites for hydroxylation is 2. The van der Waals surface area contributed by atoms with Crippen LogP contribution in [0, 0.1) is 13.8 Å². The van der Waals surface area contributed by atoms with Crippen molar-refractivity contribution in [3.63, 3.8) is 0 Å². The third-order valence-electron chi connectivity index (χ3n) is 3.75. The summed E-state index contributed by atoms with van der Waals surface area (Å²) in [4.78, 5) is 11.8. The number of rotatable bonds is 4. The number of nitrogens with one attached hydrogen (secondary N) is 1. The van der Waals surface area contributed by atoms with Crippen LogP contribution in [0.2, 0.25) is 5.02 Å². The van der Waals surface area contributed by atoms with Crippen molar-refractivity contribution in [1.29, 1.82) is 0 Å². The van der Waals surface area contributed by atoms with Gasteiger partial charge in [0, 0.05) is 10.7 Å². The zero-order chi connectivity index (χ0) is 15.6. The maximum Gasteiger partial charge on any atom is 0.333 e. The van der Waals surface area contributed by atoms with E-state index in [4.69, 9.17) is 11.6 Å². The van der Waals surface area contributed by atoms with E-state index in [9.17, 15) is 9.90 Å². The van der Waals surface area contributed by atoms with Crippen molar-refractivity contribution in [1.82, 2.24) is 0 Å². The Morgan fingerprint density at radius 3 is 2.24 bits per heavy atom. The molecule has 0 bridgehead atoms. The van der Waals surface area contributed by atoms with Gasteiger partial charge in [-0.05, 0) is 61.7 Å². The monoisotopic (exact) mass is 303 g/mol. The van der Waals surface area contributed by atoms with Crippen LogP contribution < -0.4 is 5.32 Å². The van der Waals surface area contributed by atoms with E-state index in [1.165, 1.54) is 0 Å². The van der Waals surface area contributed by atoms with E-state index in [1.54, 1.807) is 31.2 Å². The first-order valence-electron chi connectivity index (χ1n) is 6.68. The topological polar surface area (TPSA) is 49.3 Å². The zero-order valence-corrected chi connectivity index (χ0v) is 13.0. The lowest BCUT2D eigenvalue weighted by Gasteiger charge is -2.28. The highest BCUT2D eigenvalue weighted by Crippen LogP contribution is 2.28. The minimum Gasteiger partial charge on any atom is -0.479 e. The summed E-state index contributed by atoms with van der Waals surface area (Å²) in [5, 5.41) is 13.4. The standard InChI is InChI=1S/C17H18ClNO2/c1-11-4-5-13(10-12(11)2)17(3,16(20)21)19-15-8-6-14(18)7-9-15/h4-10,19H,1-3H3,(H,20,21). The van der Waals surface area contributed by atoms with E-state index in [0.717, 1.165) is 11.1 Å². The van der Waals surface area contributed by atoms with Crippen LogP contribution in [0.4, 0.5) is 5.69 Å². The first kappa shape index (κ1) is 15.4. The Bertz CT molecular complexity index is 667. The quantitative estimate of drug-likeness (QED) is 0.882. The number of hydrogen-bond acceptors (Lipinski definition) is 2. The lowest BCUT2D eigenvalue weighted by Crippen LogP contribution is -2.40. The molecule has 0 saturated carbocycles. The second-order valence-corrected chi connectivity index (χ2v) is 5.80. The molecule has 0 aliphatic carbocycles. The number of halogens is 1.